The van der Waals surface area contributed by atoms with Crippen LogP contribution in [0.25, 0.3) is 0 Å². The number of benzene rings is 1. The van der Waals surface area contributed by atoms with Gasteiger partial charge in [-0.1, -0.05) is 0 Å². The molecule has 0 radical (unpaired) electrons. The van der Waals surface area contributed by atoms with E-state index in [1.165, 1.54) is 12.1 Å². The van der Waals surface area contributed by atoms with Gasteiger partial charge in [0.05, 0.1) is 11.2 Å². The molecule has 0 aliphatic carbocycles. The Morgan fingerprint density at radius 1 is 1.28 bits per heavy atom. The van der Waals surface area contributed by atoms with E-state index in [1.54, 1.807) is 16.8 Å². The molecule has 0 bridgehead atoms. The van der Waals surface area contributed by atoms with Crippen LogP contribution in [0.3, 0.4) is 0 Å². The molecule has 0 aliphatic rings. The van der Waals surface area contributed by atoms with Gasteiger partial charge in [0.1, 0.15) is 11.6 Å². The lowest BCUT2D eigenvalue weighted by atomic mass is 10.1. The highest BCUT2D eigenvalue weighted by Gasteiger charge is 2.08. The number of nitrogens with one attached hydrogen (secondary N) is 1. The summed E-state index contributed by atoms with van der Waals surface area (Å²) < 4.78 is 26.1. The van der Waals surface area contributed by atoms with Crippen LogP contribution in [0.4, 0.5) is 8.78 Å². The number of halogens is 2. The molecule has 5 heteroatoms. The van der Waals surface area contributed by atoms with Gasteiger partial charge in [0.15, 0.2) is 0 Å². The smallest absolute Gasteiger partial charge is 0.126 e. The Hall–Kier alpha value is -1.33. The van der Waals surface area contributed by atoms with Gasteiger partial charge in [-0.3, -0.25) is 0 Å². The molecule has 1 aromatic carbocycles. The highest BCUT2D eigenvalue weighted by atomic mass is 32.1. The highest BCUT2D eigenvalue weighted by molar-refractivity contribution is 7.07. The molecule has 2 aromatic rings. The summed E-state index contributed by atoms with van der Waals surface area (Å²) in [5.41, 5.74) is 3.44. The fourth-order valence-corrected chi connectivity index (χ4v) is 2.31. The lowest BCUT2D eigenvalue weighted by Crippen LogP contribution is -2.21. The Labute approximate surface area is 109 Å². The fraction of sp³-hybridized carbons (Fsp3) is 0.308. The van der Waals surface area contributed by atoms with Crippen molar-refractivity contribution in [1.82, 2.24) is 10.3 Å². The van der Waals surface area contributed by atoms with Crippen molar-refractivity contribution in [2.24, 2.45) is 0 Å². The summed E-state index contributed by atoms with van der Waals surface area (Å²) in [4.78, 5) is 4.17. The topological polar surface area (TPSA) is 24.9 Å². The van der Waals surface area contributed by atoms with Crippen molar-refractivity contribution in [2.75, 3.05) is 6.54 Å². The number of thiazole rings is 1. The van der Waals surface area contributed by atoms with Gasteiger partial charge >= 0.3 is 0 Å². The minimum atomic E-state index is -0.543. The van der Waals surface area contributed by atoms with Crippen molar-refractivity contribution in [3.8, 4) is 0 Å². The van der Waals surface area contributed by atoms with Crippen LogP contribution in [0.5, 0.6) is 0 Å². The summed E-state index contributed by atoms with van der Waals surface area (Å²) in [5.74, 6) is -1.09. The maximum absolute atomic E-state index is 13.1. The first kappa shape index (κ1) is 13.1. The molecule has 0 aliphatic heterocycles. The average Bonchev–Trinajstić information content (AvgIpc) is 2.80. The highest BCUT2D eigenvalue weighted by Crippen LogP contribution is 2.15. The Kier molecular flexibility index (Phi) is 4.38. The minimum absolute atomic E-state index is 0.0890. The zero-order valence-electron chi connectivity index (χ0n) is 9.99. The van der Waals surface area contributed by atoms with Crippen molar-refractivity contribution in [3.05, 3.63) is 52.0 Å². The number of nitrogens with zero attached hydrogens (tertiary/aromatic N) is 1. The lowest BCUT2D eigenvalue weighted by Gasteiger charge is -2.14. The van der Waals surface area contributed by atoms with Crippen LogP contribution < -0.4 is 5.32 Å². The van der Waals surface area contributed by atoms with E-state index < -0.39 is 11.6 Å². The molecular weight excluding hydrogens is 254 g/mol. The Balaban J connectivity index is 1.89. The number of aromatic nitrogens is 1. The monoisotopic (exact) mass is 268 g/mol. The molecule has 96 valence electrons. The second-order valence-electron chi connectivity index (χ2n) is 4.11. The van der Waals surface area contributed by atoms with E-state index in [4.69, 9.17) is 0 Å². The third-order valence-corrected chi connectivity index (χ3v) is 3.34. The molecule has 0 spiro atoms. The zero-order chi connectivity index (χ0) is 13.0. The molecule has 1 aromatic heterocycles. The Morgan fingerprint density at radius 2 is 2.00 bits per heavy atom. The summed E-state index contributed by atoms with van der Waals surface area (Å²) in [6, 6.07) is 3.49. The first-order valence-electron chi connectivity index (χ1n) is 5.71. The Bertz CT molecular complexity index is 479. The second kappa shape index (κ2) is 6.02. The fourth-order valence-electron chi connectivity index (χ4n) is 1.72. The van der Waals surface area contributed by atoms with Crippen molar-refractivity contribution in [3.63, 3.8) is 0 Å². The summed E-state index contributed by atoms with van der Waals surface area (Å²) in [7, 11) is 0. The molecule has 1 unspecified atom stereocenters. The van der Waals surface area contributed by atoms with Gasteiger partial charge < -0.3 is 5.32 Å². The van der Waals surface area contributed by atoms with Crippen LogP contribution in [-0.2, 0) is 6.42 Å². The summed E-state index contributed by atoms with van der Waals surface area (Å²) >= 11 is 1.56. The van der Waals surface area contributed by atoms with E-state index in [1.807, 2.05) is 12.3 Å². The molecule has 1 heterocycles. The molecule has 0 amide bonds. The van der Waals surface area contributed by atoms with Crippen LogP contribution in [0.15, 0.2) is 29.1 Å². The quantitative estimate of drug-likeness (QED) is 0.900. The van der Waals surface area contributed by atoms with Crippen LogP contribution >= 0.6 is 11.3 Å². The van der Waals surface area contributed by atoms with Gasteiger partial charge in [-0.2, -0.15) is 0 Å². The first-order chi connectivity index (χ1) is 8.65. The molecule has 2 rings (SSSR count). The molecule has 0 fully saturated rings. The summed E-state index contributed by atoms with van der Waals surface area (Å²) in [6.07, 6.45) is 0.811. The van der Waals surface area contributed by atoms with Crippen molar-refractivity contribution < 1.29 is 8.78 Å². The largest absolute Gasteiger partial charge is 0.310 e. The third kappa shape index (κ3) is 3.58. The summed E-state index contributed by atoms with van der Waals surface area (Å²) in [5, 5.41) is 5.22. The average molecular weight is 268 g/mol. The molecular formula is C13H14F2N2S. The number of hydrogen-bond acceptors (Lipinski definition) is 3. The van der Waals surface area contributed by atoms with Crippen LogP contribution in [0.2, 0.25) is 0 Å². The standard InChI is InChI=1S/C13H14F2N2S/c1-9(10-4-11(14)6-12(15)5-10)16-3-2-13-7-18-8-17-13/h4-9,16H,2-3H2,1H3. The van der Waals surface area contributed by atoms with Gasteiger partial charge in [-0.15, -0.1) is 11.3 Å². The second-order valence-corrected chi connectivity index (χ2v) is 4.83. The van der Waals surface area contributed by atoms with Crippen LogP contribution in [-0.4, -0.2) is 11.5 Å². The third-order valence-electron chi connectivity index (χ3n) is 2.70. The van der Waals surface area contributed by atoms with Crippen molar-refractivity contribution in [2.45, 2.75) is 19.4 Å². The number of rotatable bonds is 5. The van der Waals surface area contributed by atoms with E-state index in [0.717, 1.165) is 24.7 Å². The van der Waals surface area contributed by atoms with E-state index in [0.29, 0.717) is 5.56 Å². The zero-order valence-corrected chi connectivity index (χ0v) is 10.8. The maximum atomic E-state index is 13.1. The SMILES string of the molecule is CC(NCCc1cscn1)c1cc(F)cc(F)c1. The maximum Gasteiger partial charge on any atom is 0.126 e. The molecule has 0 saturated heterocycles. The Morgan fingerprint density at radius 3 is 2.61 bits per heavy atom. The van der Waals surface area contributed by atoms with E-state index >= 15 is 0 Å². The molecule has 1 atom stereocenters. The summed E-state index contributed by atoms with van der Waals surface area (Å²) in [6.45, 7) is 2.61. The molecule has 0 saturated carbocycles. The van der Waals surface area contributed by atoms with Crippen LogP contribution in [0.1, 0.15) is 24.2 Å². The molecule has 2 nitrogen and oxygen atoms in total. The molecule has 18 heavy (non-hydrogen) atoms. The van der Waals surface area contributed by atoms with Gasteiger partial charge in [0, 0.05) is 30.5 Å². The minimum Gasteiger partial charge on any atom is -0.310 e. The molecule has 1 N–H and O–H groups in total. The van der Waals surface area contributed by atoms with Gasteiger partial charge in [0.25, 0.3) is 0 Å². The van der Waals surface area contributed by atoms with Crippen molar-refractivity contribution in [1.29, 1.82) is 0 Å². The first-order valence-corrected chi connectivity index (χ1v) is 6.66. The van der Waals surface area contributed by atoms with Gasteiger partial charge in [0.2, 0.25) is 0 Å². The number of hydrogen-bond donors (Lipinski definition) is 1. The lowest BCUT2D eigenvalue weighted by molar-refractivity contribution is 0.546. The van der Waals surface area contributed by atoms with E-state index in [9.17, 15) is 8.78 Å². The predicted octanol–water partition coefficient (Wildman–Crippen LogP) is 3.31. The van der Waals surface area contributed by atoms with Crippen LogP contribution in [0, 0.1) is 11.6 Å². The van der Waals surface area contributed by atoms with Gasteiger partial charge in [-0.25, -0.2) is 13.8 Å². The van der Waals surface area contributed by atoms with E-state index in [-0.39, 0.29) is 6.04 Å². The van der Waals surface area contributed by atoms with Crippen molar-refractivity contribution >= 4 is 11.3 Å². The normalized spacial score (nSPS) is 12.6. The van der Waals surface area contributed by atoms with E-state index in [2.05, 4.69) is 10.3 Å². The predicted molar refractivity (Wildman–Crippen MR) is 68.6 cm³/mol. The van der Waals surface area contributed by atoms with Gasteiger partial charge in [-0.05, 0) is 24.6 Å².